The van der Waals surface area contributed by atoms with E-state index in [0.29, 0.717) is 17.6 Å². The molecule has 232 valence electrons. The largest absolute Gasteiger partial charge is 0.451 e. The highest BCUT2D eigenvalue weighted by Crippen LogP contribution is 2.30. The molecule has 1 aromatic carbocycles. The minimum atomic E-state index is -4.70. The highest BCUT2D eigenvalue weighted by atomic mass is 32.2. The molecule has 3 aromatic rings. The Morgan fingerprint density at radius 2 is 1.88 bits per heavy atom. The molecular weight excluding hydrogens is 596 g/mol. The number of aromatic nitrogens is 1. The predicted molar refractivity (Wildman–Crippen MR) is 146 cm³/mol. The first-order valence-electron chi connectivity index (χ1n) is 13.4. The fourth-order valence-corrected chi connectivity index (χ4v) is 6.23. The van der Waals surface area contributed by atoms with Gasteiger partial charge in [-0.3, -0.25) is 14.4 Å². The molecule has 0 saturated carbocycles. The molecular formula is C28H30F4N4O6S. The summed E-state index contributed by atoms with van der Waals surface area (Å²) in [6.07, 6.45) is -4.02. The Morgan fingerprint density at radius 3 is 2.51 bits per heavy atom. The van der Waals surface area contributed by atoms with Crippen LogP contribution in [0.3, 0.4) is 0 Å². The number of ketones is 1. The van der Waals surface area contributed by atoms with Crippen LogP contribution in [0.4, 0.5) is 17.6 Å². The number of alkyl halides is 3. The quantitative estimate of drug-likeness (QED) is 0.362. The summed E-state index contributed by atoms with van der Waals surface area (Å²) in [6, 6.07) is 4.24. The van der Waals surface area contributed by atoms with E-state index in [0.717, 1.165) is 10.4 Å². The van der Waals surface area contributed by atoms with Crippen LogP contribution in [-0.4, -0.2) is 60.5 Å². The molecule has 1 aliphatic heterocycles. The van der Waals surface area contributed by atoms with E-state index in [1.807, 2.05) is 13.8 Å². The van der Waals surface area contributed by atoms with Crippen molar-refractivity contribution in [3.8, 4) is 0 Å². The number of halogens is 4. The van der Waals surface area contributed by atoms with E-state index < -0.39 is 74.8 Å². The number of amides is 2. The molecule has 0 bridgehead atoms. The SMILES string of the molecule is CC(C)C[C@H](NC(=O)c1cc2cc(F)ccc2o1)C(=O)N[C@H]1C[C@H](C)CN(S(=O)(=O)c2ccc(C(F)(F)F)cn2)CC1=O. The molecule has 3 heterocycles. The molecule has 2 N–H and O–H groups in total. The van der Waals surface area contributed by atoms with E-state index >= 15 is 0 Å². The summed E-state index contributed by atoms with van der Waals surface area (Å²) in [6.45, 7) is 4.54. The summed E-state index contributed by atoms with van der Waals surface area (Å²) in [5, 5.41) is 4.94. The third-order valence-corrected chi connectivity index (χ3v) is 8.62. The molecule has 1 saturated heterocycles. The van der Waals surface area contributed by atoms with Crippen molar-refractivity contribution in [1.82, 2.24) is 19.9 Å². The number of hydrogen-bond donors (Lipinski definition) is 2. The number of carbonyl (C=O) groups is 3. The van der Waals surface area contributed by atoms with E-state index in [-0.39, 0.29) is 36.6 Å². The monoisotopic (exact) mass is 626 g/mol. The number of rotatable bonds is 8. The van der Waals surface area contributed by atoms with Gasteiger partial charge in [0.1, 0.15) is 17.4 Å². The molecule has 2 amide bonds. The van der Waals surface area contributed by atoms with Crippen LogP contribution in [0.1, 0.15) is 49.7 Å². The van der Waals surface area contributed by atoms with Crippen molar-refractivity contribution >= 4 is 38.6 Å². The molecule has 0 aliphatic carbocycles. The van der Waals surface area contributed by atoms with Crippen molar-refractivity contribution in [2.45, 2.75) is 56.9 Å². The first-order valence-corrected chi connectivity index (χ1v) is 14.8. The van der Waals surface area contributed by atoms with Crippen LogP contribution in [-0.2, 0) is 25.8 Å². The van der Waals surface area contributed by atoms with Crippen molar-refractivity contribution in [3.63, 3.8) is 0 Å². The van der Waals surface area contributed by atoms with Crippen molar-refractivity contribution in [2.24, 2.45) is 11.8 Å². The number of nitrogens with one attached hydrogen (secondary N) is 2. The fraction of sp³-hybridized carbons (Fsp3) is 0.429. The van der Waals surface area contributed by atoms with Crippen LogP contribution in [0.25, 0.3) is 11.0 Å². The Morgan fingerprint density at radius 1 is 1.16 bits per heavy atom. The molecule has 15 heteroatoms. The molecule has 2 aromatic heterocycles. The zero-order valence-electron chi connectivity index (χ0n) is 23.4. The number of sulfonamides is 1. The summed E-state index contributed by atoms with van der Waals surface area (Å²) in [5.41, 5.74) is -0.841. The first-order chi connectivity index (χ1) is 20.0. The highest BCUT2D eigenvalue weighted by Gasteiger charge is 2.38. The maximum atomic E-state index is 13.5. The molecule has 1 aliphatic rings. The second-order valence-electron chi connectivity index (χ2n) is 11.0. The summed E-state index contributed by atoms with van der Waals surface area (Å²) >= 11 is 0. The Labute approximate surface area is 244 Å². The van der Waals surface area contributed by atoms with E-state index in [1.54, 1.807) is 6.92 Å². The number of Topliss-reactive ketones (excluding diaryl/α,β-unsaturated/α-hetero) is 1. The normalized spacial score (nSPS) is 19.3. The standard InChI is InChI=1S/C28H30F4N4O6S/c1-15(2)8-21(35-27(39)24-11-17-10-19(29)5-6-23(17)42-24)26(38)34-20-9-16(3)13-36(14-22(20)37)43(40,41)25-7-4-18(12-33-25)28(30,31)32/h4-7,10-12,15-16,20-21H,8-9,13-14H2,1-3H3,(H,34,38)(H,35,39)/t16-,20-,21-/m0/s1. The summed E-state index contributed by atoms with van der Waals surface area (Å²) in [7, 11) is -4.43. The van der Waals surface area contributed by atoms with Crippen molar-refractivity contribution < 1.29 is 44.8 Å². The van der Waals surface area contributed by atoms with Crippen LogP contribution in [0.15, 0.2) is 52.0 Å². The van der Waals surface area contributed by atoms with Crippen LogP contribution in [0.2, 0.25) is 0 Å². The lowest BCUT2D eigenvalue weighted by Crippen LogP contribution is -2.52. The number of benzene rings is 1. The van der Waals surface area contributed by atoms with E-state index in [4.69, 9.17) is 4.42 Å². The average Bonchev–Trinajstić information content (AvgIpc) is 3.28. The van der Waals surface area contributed by atoms with Gasteiger partial charge in [0.25, 0.3) is 15.9 Å². The zero-order valence-corrected chi connectivity index (χ0v) is 24.3. The number of fused-ring (bicyclic) bond motifs is 1. The van der Waals surface area contributed by atoms with Gasteiger partial charge in [-0.25, -0.2) is 17.8 Å². The Bertz CT molecular complexity index is 1620. The topological polar surface area (TPSA) is 139 Å². The third-order valence-electron chi connectivity index (χ3n) is 6.89. The Kier molecular flexibility index (Phi) is 9.25. The lowest BCUT2D eigenvalue weighted by molar-refractivity contribution is -0.137. The van der Waals surface area contributed by atoms with Crippen molar-refractivity contribution in [1.29, 1.82) is 0 Å². The zero-order chi connectivity index (χ0) is 31.7. The van der Waals surface area contributed by atoms with Crippen molar-refractivity contribution in [2.75, 3.05) is 13.1 Å². The molecule has 1 fully saturated rings. The van der Waals surface area contributed by atoms with Gasteiger partial charge in [-0.1, -0.05) is 20.8 Å². The number of nitrogens with zero attached hydrogens (tertiary/aromatic N) is 2. The molecule has 4 rings (SSSR count). The lowest BCUT2D eigenvalue weighted by Gasteiger charge is -2.23. The Balaban J connectivity index is 1.47. The summed E-state index contributed by atoms with van der Waals surface area (Å²) in [4.78, 5) is 42.9. The molecule has 10 nitrogen and oxygen atoms in total. The van der Waals surface area contributed by atoms with Gasteiger partial charge in [-0.2, -0.15) is 17.5 Å². The maximum Gasteiger partial charge on any atom is 0.417 e. The second kappa shape index (κ2) is 12.4. The maximum absolute atomic E-state index is 13.5. The minimum Gasteiger partial charge on any atom is -0.451 e. The van der Waals surface area contributed by atoms with Gasteiger partial charge in [0, 0.05) is 18.1 Å². The number of carbonyl (C=O) groups excluding carboxylic acids is 3. The highest BCUT2D eigenvalue weighted by molar-refractivity contribution is 7.89. The summed E-state index contributed by atoms with van der Waals surface area (Å²) in [5.74, 6) is -3.17. The van der Waals surface area contributed by atoms with Gasteiger partial charge in [0.15, 0.2) is 16.6 Å². The second-order valence-corrected chi connectivity index (χ2v) is 12.9. The van der Waals surface area contributed by atoms with Crippen LogP contribution >= 0.6 is 0 Å². The predicted octanol–water partition coefficient (Wildman–Crippen LogP) is 3.91. The molecule has 0 unspecified atom stereocenters. The van der Waals surface area contributed by atoms with Gasteiger partial charge >= 0.3 is 6.18 Å². The van der Waals surface area contributed by atoms with Crippen molar-refractivity contribution in [3.05, 3.63) is 59.7 Å². The average molecular weight is 627 g/mol. The number of furan rings is 1. The summed E-state index contributed by atoms with van der Waals surface area (Å²) < 4.78 is 84.9. The van der Waals surface area contributed by atoms with Gasteiger partial charge in [-0.15, -0.1) is 0 Å². The molecule has 3 atom stereocenters. The van der Waals surface area contributed by atoms with E-state index in [9.17, 15) is 40.4 Å². The molecule has 0 spiro atoms. The van der Waals surface area contributed by atoms with Gasteiger partial charge in [-0.05, 0) is 61.1 Å². The lowest BCUT2D eigenvalue weighted by atomic mass is 9.98. The van der Waals surface area contributed by atoms with Gasteiger partial charge in [0.05, 0.1) is 18.2 Å². The van der Waals surface area contributed by atoms with Crippen LogP contribution < -0.4 is 10.6 Å². The fourth-order valence-electron chi connectivity index (χ4n) is 4.79. The smallest absolute Gasteiger partial charge is 0.417 e. The molecule has 43 heavy (non-hydrogen) atoms. The van der Waals surface area contributed by atoms with E-state index in [1.165, 1.54) is 24.3 Å². The molecule has 0 radical (unpaired) electrons. The Hall–Kier alpha value is -3.85. The van der Waals surface area contributed by atoms with Crippen LogP contribution in [0, 0.1) is 17.7 Å². The number of hydrogen-bond acceptors (Lipinski definition) is 7. The van der Waals surface area contributed by atoms with Gasteiger partial charge in [0.2, 0.25) is 5.91 Å². The first kappa shape index (κ1) is 32.1. The van der Waals surface area contributed by atoms with Gasteiger partial charge < -0.3 is 15.1 Å². The van der Waals surface area contributed by atoms with Crippen LogP contribution in [0.5, 0.6) is 0 Å². The number of pyridine rings is 1. The third kappa shape index (κ3) is 7.57. The minimum absolute atomic E-state index is 0.0542. The van der Waals surface area contributed by atoms with E-state index in [2.05, 4.69) is 15.6 Å².